The third-order valence-corrected chi connectivity index (χ3v) is 3.53. The zero-order valence-corrected chi connectivity index (χ0v) is 13.1. The Kier molecular flexibility index (Phi) is 4.48. The van der Waals surface area contributed by atoms with E-state index in [9.17, 15) is 14.0 Å². The summed E-state index contributed by atoms with van der Waals surface area (Å²) in [6.07, 6.45) is 0.0102. The van der Waals surface area contributed by atoms with E-state index in [4.69, 9.17) is 16.0 Å². The summed E-state index contributed by atoms with van der Waals surface area (Å²) in [5.74, 6) is -1.35. The lowest BCUT2D eigenvalue weighted by molar-refractivity contribution is -0.121. The smallest absolute Gasteiger partial charge is 0.305 e. The monoisotopic (exact) mass is 346 g/mol. The molecule has 1 aromatic heterocycles. The van der Waals surface area contributed by atoms with Crippen LogP contribution in [0.25, 0.3) is 11.0 Å². The fourth-order valence-electron chi connectivity index (χ4n) is 2.15. The second-order valence-corrected chi connectivity index (χ2v) is 5.53. The number of rotatable bonds is 3. The van der Waals surface area contributed by atoms with Gasteiger partial charge < -0.3 is 4.42 Å². The van der Waals surface area contributed by atoms with Crippen molar-refractivity contribution in [1.82, 2.24) is 10.9 Å². The summed E-state index contributed by atoms with van der Waals surface area (Å²) in [5, 5.41) is 1.22. The van der Waals surface area contributed by atoms with Crippen molar-refractivity contribution in [3.8, 4) is 0 Å². The lowest BCUT2D eigenvalue weighted by Gasteiger charge is -2.05. The first-order chi connectivity index (χ1) is 11.5. The van der Waals surface area contributed by atoms with E-state index in [2.05, 4.69) is 10.9 Å². The van der Waals surface area contributed by atoms with Crippen molar-refractivity contribution in [1.29, 1.82) is 0 Å². The number of carbonyl (C=O) groups is 2. The molecule has 0 aliphatic heterocycles. The van der Waals surface area contributed by atoms with Gasteiger partial charge in [0.2, 0.25) is 5.91 Å². The molecule has 2 N–H and O–H groups in total. The SMILES string of the molecule is O=C(Cc1ccc(F)cc1)NNC(=O)c1cc2cc(Cl)ccc2o1. The second-order valence-electron chi connectivity index (χ2n) is 5.10. The normalized spacial score (nSPS) is 10.6. The molecule has 0 atom stereocenters. The maximum atomic E-state index is 12.8. The Balaban J connectivity index is 1.59. The molecule has 0 aliphatic rings. The maximum absolute atomic E-state index is 12.8. The summed E-state index contributed by atoms with van der Waals surface area (Å²) in [5.41, 5.74) is 5.69. The number of carbonyl (C=O) groups excluding carboxylic acids is 2. The fraction of sp³-hybridized carbons (Fsp3) is 0.0588. The molecule has 3 rings (SSSR count). The maximum Gasteiger partial charge on any atom is 0.305 e. The summed E-state index contributed by atoms with van der Waals surface area (Å²) >= 11 is 5.87. The molecule has 0 fully saturated rings. The van der Waals surface area contributed by atoms with Gasteiger partial charge in [0.1, 0.15) is 11.4 Å². The van der Waals surface area contributed by atoms with Gasteiger partial charge in [-0.25, -0.2) is 4.39 Å². The molecule has 122 valence electrons. The van der Waals surface area contributed by atoms with Gasteiger partial charge in [-0.1, -0.05) is 23.7 Å². The van der Waals surface area contributed by atoms with E-state index in [1.807, 2.05) is 0 Å². The average molecular weight is 347 g/mol. The number of furan rings is 1. The minimum atomic E-state index is -0.588. The van der Waals surface area contributed by atoms with Crippen LogP contribution in [0.5, 0.6) is 0 Å². The Morgan fingerprint density at radius 2 is 1.79 bits per heavy atom. The van der Waals surface area contributed by atoms with Crippen LogP contribution in [0.2, 0.25) is 5.02 Å². The zero-order chi connectivity index (χ0) is 17.1. The molecule has 3 aromatic rings. The quantitative estimate of drug-likeness (QED) is 0.715. The van der Waals surface area contributed by atoms with E-state index in [0.717, 1.165) is 0 Å². The highest BCUT2D eigenvalue weighted by atomic mass is 35.5. The van der Waals surface area contributed by atoms with Gasteiger partial charge >= 0.3 is 5.91 Å². The molecule has 1 heterocycles. The van der Waals surface area contributed by atoms with Crippen LogP contribution >= 0.6 is 11.6 Å². The molecule has 0 spiro atoms. The fourth-order valence-corrected chi connectivity index (χ4v) is 2.33. The Labute approximate surface area is 141 Å². The summed E-state index contributed by atoms with van der Waals surface area (Å²) in [7, 11) is 0. The number of hydrogen-bond donors (Lipinski definition) is 2. The molecule has 5 nitrogen and oxygen atoms in total. The largest absolute Gasteiger partial charge is 0.451 e. The average Bonchev–Trinajstić information content (AvgIpc) is 2.98. The Hall–Kier alpha value is -2.86. The zero-order valence-electron chi connectivity index (χ0n) is 12.3. The van der Waals surface area contributed by atoms with Crippen LogP contribution < -0.4 is 10.9 Å². The number of fused-ring (bicyclic) bond motifs is 1. The molecule has 0 saturated heterocycles. The van der Waals surface area contributed by atoms with Gasteiger partial charge in [-0.2, -0.15) is 0 Å². The second kappa shape index (κ2) is 6.72. The van der Waals surface area contributed by atoms with E-state index in [-0.39, 0.29) is 18.0 Å². The molecule has 0 bridgehead atoms. The van der Waals surface area contributed by atoms with E-state index in [1.165, 1.54) is 30.3 Å². The van der Waals surface area contributed by atoms with Gasteiger partial charge in [0.15, 0.2) is 5.76 Å². The van der Waals surface area contributed by atoms with E-state index in [0.29, 0.717) is 21.6 Å². The van der Waals surface area contributed by atoms with E-state index >= 15 is 0 Å². The molecule has 0 aliphatic carbocycles. The van der Waals surface area contributed by atoms with Crippen molar-refractivity contribution in [3.05, 3.63) is 70.7 Å². The highest BCUT2D eigenvalue weighted by molar-refractivity contribution is 6.31. The minimum Gasteiger partial charge on any atom is -0.451 e. The number of benzene rings is 2. The van der Waals surface area contributed by atoms with Crippen molar-refractivity contribution in [3.63, 3.8) is 0 Å². The van der Waals surface area contributed by atoms with Crippen molar-refractivity contribution in [2.45, 2.75) is 6.42 Å². The first-order valence-electron chi connectivity index (χ1n) is 7.04. The molecule has 7 heteroatoms. The van der Waals surface area contributed by atoms with Crippen molar-refractivity contribution in [2.75, 3.05) is 0 Å². The van der Waals surface area contributed by atoms with Gasteiger partial charge in [0.05, 0.1) is 6.42 Å². The molecular weight excluding hydrogens is 335 g/mol. The summed E-state index contributed by atoms with van der Waals surface area (Å²) < 4.78 is 18.2. The highest BCUT2D eigenvalue weighted by Crippen LogP contribution is 2.22. The predicted molar refractivity (Wildman–Crippen MR) is 86.9 cm³/mol. The number of nitrogens with one attached hydrogen (secondary N) is 2. The standard InChI is InChI=1S/C17H12ClFN2O3/c18-12-3-6-14-11(8-12)9-15(24-14)17(23)21-20-16(22)7-10-1-4-13(19)5-2-10/h1-6,8-9H,7H2,(H,20,22)(H,21,23). The topological polar surface area (TPSA) is 71.3 Å². The van der Waals surface area contributed by atoms with Gasteiger partial charge in [-0.05, 0) is 42.0 Å². The molecule has 0 unspecified atom stereocenters. The lowest BCUT2D eigenvalue weighted by Crippen LogP contribution is -2.42. The third kappa shape index (κ3) is 3.72. The predicted octanol–water partition coefficient (Wildman–Crippen LogP) is 3.23. The van der Waals surface area contributed by atoms with Gasteiger partial charge in [0, 0.05) is 10.4 Å². The first-order valence-corrected chi connectivity index (χ1v) is 7.42. The highest BCUT2D eigenvalue weighted by Gasteiger charge is 2.13. The Bertz CT molecular complexity index is 906. The lowest BCUT2D eigenvalue weighted by atomic mass is 10.1. The number of hydrazine groups is 1. The van der Waals surface area contributed by atoms with Crippen molar-refractivity contribution in [2.24, 2.45) is 0 Å². The van der Waals surface area contributed by atoms with Crippen LogP contribution in [0.4, 0.5) is 4.39 Å². The molecular formula is C17H12ClFN2O3. The molecule has 24 heavy (non-hydrogen) atoms. The summed E-state index contributed by atoms with van der Waals surface area (Å²) in [4.78, 5) is 23.8. The summed E-state index contributed by atoms with van der Waals surface area (Å²) in [6.45, 7) is 0. The number of hydrogen-bond acceptors (Lipinski definition) is 3. The Morgan fingerprint density at radius 3 is 2.54 bits per heavy atom. The molecule has 0 saturated carbocycles. The van der Waals surface area contributed by atoms with Crippen molar-refractivity contribution >= 4 is 34.4 Å². The van der Waals surface area contributed by atoms with E-state index in [1.54, 1.807) is 18.2 Å². The Morgan fingerprint density at radius 1 is 1.04 bits per heavy atom. The van der Waals surface area contributed by atoms with Gasteiger partial charge in [-0.15, -0.1) is 0 Å². The minimum absolute atomic E-state index is 0.0102. The van der Waals surface area contributed by atoms with Crippen LogP contribution in [0.3, 0.4) is 0 Å². The van der Waals surface area contributed by atoms with Crippen molar-refractivity contribution < 1.29 is 18.4 Å². The van der Waals surface area contributed by atoms with Gasteiger partial charge in [0.25, 0.3) is 0 Å². The van der Waals surface area contributed by atoms with Gasteiger partial charge in [-0.3, -0.25) is 20.4 Å². The number of amides is 2. The third-order valence-electron chi connectivity index (χ3n) is 3.30. The molecule has 0 radical (unpaired) electrons. The van der Waals surface area contributed by atoms with Crippen LogP contribution in [0, 0.1) is 5.82 Å². The van der Waals surface area contributed by atoms with Crippen LogP contribution in [0.15, 0.2) is 52.9 Å². The van der Waals surface area contributed by atoms with E-state index < -0.39 is 11.8 Å². The number of halogens is 2. The van der Waals surface area contributed by atoms with Crippen LogP contribution in [-0.4, -0.2) is 11.8 Å². The molecule has 2 amide bonds. The van der Waals surface area contributed by atoms with Crippen LogP contribution in [0.1, 0.15) is 16.1 Å². The first kappa shape index (κ1) is 16.0. The summed E-state index contributed by atoms with van der Waals surface area (Å²) in [6, 6.07) is 12.0. The molecule has 2 aromatic carbocycles. The van der Waals surface area contributed by atoms with Crippen LogP contribution in [-0.2, 0) is 11.2 Å².